The van der Waals surface area contributed by atoms with E-state index in [2.05, 4.69) is 19.9 Å². The number of carbonyl (C=O) groups excluding carboxylic acids is 1. The van der Waals surface area contributed by atoms with Crippen molar-refractivity contribution in [3.05, 3.63) is 34.5 Å². The van der Waals surface area contributed by atoms with E-state index < -0.39 is 0 Å². The second-order valence-electron chi connectivity index (χ2n) is 6.50. The smallest absolute Gasteiger partial charge is 0.225 e. The monoisotopic (exact) mass is 329 g/mol. The number of hydrogen-bond acceptors (Lipinski definition) is 6. The number of thiazole rings is 1. The number of likely N-dealkylation sites (tertiary alicyclic amines) is 1. The van der Waals surface area contributed by atoms with Gasteiger partial charge in [-0.05, 0) is 19.4 Å². The number of anilines is 1. The van der Waals surface area contributed by atoms with Crippen molar-refractivity contribution >= 4 is 23.2 Å². The number of amides is 1. The number of aryl methyl sites for hydroxylation is 1. The van der Waals surface area contributed by atoms with E-state index >= 15 is 0 Å². The molecule has 0 aromatic carbocycles. The lowest BCUT2D eigenvalue weighted by molar-refractivity contribution is -0.128. The van der Waals surface area contributed by atoms with E-state index in [1.165, 1.54) is 0 Å². The normalized spacial score (nSPS) is 24.1. The zero-order valence-corrected chi connectivity index (χ0v) is 13.9. The minimum atomic E-state index is 0.0430. The molecular formula is C16H19N5OS. The van der Waals surface area contributed by atoms with E-state index in [0.29, 0.717) is 13.0 Å². The maximum absolute atomic E-state index is 12.4. The summed E-state index contributed by atoms with van der Waals surface area (Å²) < 4.78 is 0. The lowest BCUT2D eigenvalue weighted by Crippen LogP contribution is -2.31. The Morgan fingerprint density at radius 1 is 1.30 bits per heavy atom. The molecule has 0 aliphatic carbocycles. The van der Waals surface area contributed by atoms with Gasteiger partial charge in [-0.2, -0.15) is 0 Å². The Labute approximate surface area is 139 Å². The molecule has 4 heterocycles. The molecule has 2 aromatic rings. The third-order valence-electron chi connectivity index (χ3n) is 4.70. The molecule has 0 unspecified atom stereocenters. The van der Waals surface area contributed by atoms with Crippen LogP contribution < -0.4 is 4.90 Å². The summed E-state index contributed by atoms with van der Waals surface area (Å²) in [5, 5.41) is 3.10. The first kappa shape index (κ1) is 14.6. The quantitative estimate of drug-likeness (QED) is 0.860. The van der Waals surface area contributed by atoms with Gasteiger partial charge >= 0.3 is 0 Å². The van der Waals surface area contributed by atoms with Crippen LogP contribution in [0.15, 0.2) is 23.8 Å². The molecule has 7 heteroatoms. The minimum absolute atomic E-state index is 0.0430. The molecule has 2 aliphatic rings. The molecule has 4 rings (SSSR count). The van der Waals surface area contributed by atoms with E-state index in [1.807, 2.05) is 23.3 Å². The number of nitrogens with zero attached hydrogens (tertiary/aromatic N) is 5. The van der Waals surface area contributed by atoms with Gasteiger partial charge in [-0.1, -0.05) is 0 Å². The lowest BCUT2D eigenvalue weighted by atomic mass is 9.86. The van der Waals surface area contributed by atoms with Crippen LogP contribution in [0.2, 0.25) is 0 Å². The zero-order chi connectivity index (χ0) is 15.9. The molecule has 1 atom stereocenters. The van der Waals surface area contributed by atoms with E-state index in [9.17, 15) is 4.79 Å². The average molecular weight is 329 g/mol. The highest BCUT2D eigenvalue weighted by Gasteiger charge is 2.47. The topological polar surface area (TPSA) is 62.2 Å². The van der Waals surface area contributed by atoms with Crippen molar-refractivity contribution in [2.24, 2.45) is 5.41 Å². The molecule has 6 nitrogen and oxygen atoms in total. The van der Waals surface area contributed by atoms with E-state index in [-0.39, 0.29) is 11.3 Å². The highest BCUT2D eigenvalue weighted by Crippen LogP contribution is 2.41. The lowest BCUT2D eigenvalue weighted by Gasteiger charge is -2.23. The van der Waals surface area contributed by atoms with Crippen molar-refractivity contribution in [1.29, 1.82) is 0 Å². The summed E-state index contributed by atoms with van der Waals surface area (Å²) >= 11 is 1.64. The van der Waals surface area contributed by atoms with Crippen molar-refractivity contribution in [3.63, 3.8) is 0 Å². The number of aromatic nitrogens is 3. The Bertz CT molecular complexity index is 718. The average Bonchev–Trinajstić information content (AvgIpc) is 3.22. The second kappa shape index (κ2) is 5.56. The molecule has 0 bridgehead atoms. The summed E-state index contributed by atoms with van der Waals surface area (Å²) in [5.41, 5.74) is 1.04. The highest BCUT2D eigenvalue weighted by molar-refractivity contribution is 7.09. The third kappa shape index (κ3) is 2.81. The van der Waals surface area contributed by atoms with Crippen molar-refractivity contribution in [3.8, 4) is 0 Å². The molecule has 2 aromatic heterocycles. The van der Waals surface area contributed by atoms with Crippen LogP contribution in [0.3, 0.4) is 0 Å². The van der Waals surface area contributed by atoms with E-state index in [1.54, 1.807) is 23.7 Å². The molecule has 1 spiro atoms. The van der Waals surface area contributed by atoms with Gasteiger partial charge in [0.05, 0.1) is 17.2 Å². The van der Waals surface area contributed by atoms with Crippen LogP contribution in [0, 0.1) is 12.3 Å². The summed E-state index contributed by atoms with van der Waals surface area (Å²) in [6.07, 6.45) is 5.18. The Morgan fingerprint density at radius 2 is 2.13 bits per heavy atom. The fraction of sp³-hybridized carbons (Fsp3) is 0.500. The standard InChI is InChI=1S/C16H19N5OS/c1-12-19-13(9-23-12)8-21-11-16(7-14(21)22)3-6-20(10-16)15-17-4-2-5-18-15/h2,4-5,9H,3,6-8,10-11H2,1H3/t16-/m0/s1. The molecule has 0 saturated carbocycles. The molecule has 0 N–H and O–H groups in total. The fourth-order valence-corrected chi connectivity index (χ4v) is 4.24. The van der Waals surface area contributed by atoms with Gasteiger partial charge in [0.25, 0.3) is 0 Å². The van der Waals surface area contributed by atoms with Gasteiger partial charge < -0.3 is 9.80 Å². The van der Waals surface area contributed by atoms with Crippen LogP contribution >= 0.6 is 11.3 Å². The van der Waals surface area contributed by atoms with Gasteiger partial charge in [0.15, 0.2) is 0 Å². The van der Waals surface area contributed by atoms with Gasteiger partial charge in [-0.3, -0.25) is 4.79 Å². The summed E-state index contributed by atoms with van der Waals surface area (Å²) in [4.78, 5) is 29.7. The van der Waals surface area contributed by atoms with Crippen LogP contribution in [0.25, 0.3) is 0 Å². The van der Waals surface area contributed by atoms with Crippen LogP contribution in [-0.2, 0) is 11.3 Å². The van der Waals surface area contributed by atoms with Crippen LogP contribution in [-0.4, -0.2) is 45.4 Å². The van der Waals surface area contributed by atoms with Gasteiger partial charge in [-0.25, -0.2) is 15.0 Å². The van der Waals surface area contributed by atoms with Gasteiger partial charge in [0.1, 0.15) is 0 Å². The van der Waals surface area contributed by atoms with Gasteiger partial charge in [-0.15, -0.1) is 11.3 Å². The summed E-state index contributed by atoms with van der Waals surface area (Å²) in [6, 6.07) is 1.83. The first-order valence-corrected chi connectivity index (χ1v) is 8.72. The number of carbonyl (C=O) groups is 1. The van der Waals surface area contributed by atoms with E-state index in [4.69, 9.17) is 0 Å². The zero-order valence-electron chi connectivity index (χ0n) is 13.1. The highest BCUT2D eigenvalue weighted by atomic mass is 32.1. The van der Waals surface area contributed by atoms with Crippen molar-refractivity contribution < 1.29 is 4.79 Å². The maximum atomic E-state index is 12.4. The van der Waals surface area contributed by atoms with Crippen molar-refractivity contribution in [2.75, 3.05) is 24.5 Å². The van der Waals surface area contributed by atoms with E-state index in [0.717, 1.165) is 42.7 Å². The largest absolute Gasteiger partial charge is 0.340 e. The molecular weight excluding hydrogens is 310 g/mol. The minimum Gasteiger partial charge on any atom is -0.340 e. The number of hydrogen-bond donors (Lipinski definition) is 0. The van der Waals surface area contributed by atoms with Crippen molar-refractivity contribution in [2.45, 2.75) is 26.3 Å². The number of rotatable bonds is 3. The molecule has 1 amide bonds. The van der Waals surface area contributed by atoms with Gasteiger partial charge in [0.2, 0.25) is 11.9 Å². The first-order valence-electron chi connectivity index (χ1n) is 7.84. The Morgan fingerprint density at radius 3 is 2.87 bits per heavy atom. The Kier molecular flexibility index (Phi) is 3.52. The first-order chi connectivity index (χ1) is 11.1. The van der Waals surface area contributed by atoms with Crippen molar-refractivity contribution in [1.82, 2.24) is 19.9 Å². The molecule has 120 valence electrons. The molecule has 2 aliphatic heterocycles. The van der Waals surface area contributed by atoms with Crippen LogP contribution in [0.1, 0.15) is 23.5 Å². The Hall–Kier alpha value is -2.02. The molecule has 0 radical (unpaired) electrons. The maximum Gasteiger partial charge on any atom is 0.225 e. The summed E-state index contributed by atoms with van der Waals surface area (Å²) in [5.74, 6) is 1.01. The third-order valence-corrected chi connectivity index (χ3v) is 5.52. The molecule has 2 fully saturated rings. The summed E-state index contributed by atoms with van der Waals surface area (Å²) in [7, 11) is 0. The Balaban J connectivity index is 1.46. The summed E-state index contributed by atoms with van der Waals surface area (Å²) in [6.45, 7) is 5.21. The SMILES string of the molecule is Cc1nc(CN2C[C@@]3(CCN(c4ncccn4)C3)CC2=O)cs1. The second-order valence-corrected chi connectivity index (χ2v) is 7.57. The predicted molar refractivity (Wildman–Crippen MR) is 88.2 cm³/mol. The van der Waals surface area contributed by atoms with Crippen LogP contribution in [0.5, 0.6) is 0 Å². The molecule has 23 heavy (non-hydrogen) atoms. The predicted octanol–water partition coefficient (Wildman–Crippen LogP) is 1.87. The fourth-order valence-electron chi connectivity index (χ4n) is 3.64. The molecule has 2 saturated heterocycles. The van der Waals surface area contributed by atoms with Gasteiger partial charge in [0, 0.05) is 49.2 Å². The van der Waals surface area contributed by atoms with Crippen LogP contribution in [0.4, 0.5) is 5.95 Å².